The van der Waals surface area contributed by atoms with Gasteiger partial charge in [-0.05, 0) is 32.4 Å². The summed E-state index contributed by atoms with van der Waals surface area (Å²) < 4.78 is 10.6. The maximum Gasteiger partial charge on any atom is 0.162 e. The summed E-state index contributed by atoms with van der Waals surface area (Å²) in [7, 11) is 3.28. The van der Waals surface area contributed by atoms with Crippen LogP contribution in [0.2, 0.25) is 0 Å². The van der Waals surface area contributed by atoms with Crippen molar-refractivity contribution in [2.75, 3.05) is 32.3 Å². The van der Waals surface area contributed by atoms with Gasteiger partial charge >= 0.3 is 0 Å². The molecule has 19 heavy (non-hydrogen) atoms. The van der Waals surface area contributed by atoms with Gasteiger partial charge < -0.3 is 19.5 Å². The Morgan fingerprint density at radius 1 is 1.26 bits per heavy atom. The third-order valence-electron chi connectivity index (χ3n) is 3.90. The van der Waals surface area contributed by atoms with Gasteiger partial charge in [0.15, 0.2) is 11.5 Å². The van der Waals surface area contributed by atoms with Crippen molar-refractivity contribution in [3.63, 3.8) is 0 Å². The zero-order valence-corrected chi connectivity index (χ0v) is 12.1. The lowest BCUT2D eigenvalue weighted by Gasteiger charge is -2.34. The molecule has 4 heteroatoms. The minimum atomic E-state index is 0.0486. The fourth-order valence-corrected chi connectivity index (χ4v) is 2.96. The summed E-state index contributed by atoms with van der Waals surface area (Å²) in [5.41, 5.74) is 1.16. The molecule has 1 saturated heterocycles. The minimum Gasteiger partial charge on any atom is -0.493 e. The van der Waals surface area contributed by atoms with Crippen LogP contribution in [0.5, 0.6) is 11.5 Å². The van der Waals surface area contributed by atoms with Gasteiger partial charge in [-0.15, -0.1) is 0 Å². The number of hydrogen-bond acceptors (Lipinski definition) is 4. The highest BCUT2D eigenvalue weighted by atomic mass is 16.5. The van der Waals surface area contributed by atoms with E-state index in [4.69, 9.17) is 9.47 Å². The van der Waals surface area contributed by atoms with Crippen LogP contribution in [-0.2, 0) is 0 Å². The maximum atomic E-state index is 9.37. The average molecular weight is 265 g/mol. The number of nitrogens with zero attached hydrogens (tertiary/aromatic N) is 1. The molecule has 106 valence electrons. The third kappa shape index (κ3) is 2.63. The lowest BCUT2D eigenvalue weighted by Crippen LogP contribution is -2.38. The second kappa shape index (κ2) is 5.29. The zero-order valence-electron chi connectivity index (χ0n) is 12.1. The second-order valence-corrected chi connectivity index (χ2v) is 5.72. The molecular formula is C15H23NO3. The number of ether oxygens (including phenoxy) is 2. The first-order chi connectivity index (χ1) is 9.01. The van der Waals surface area contributed by atoms with Gasteiger partial charge in [0.1, 0.15) is 0 Å². The smallest absolute Gasteiger partial charge is 0.162 e. The number of aliphatic hydroxyl groups excluding tert-OH is 1. The van der Waals surface area contributed by atoms with Crippen LogP contribution in [0.3, 0.4) is 0 Å². The molecule has 1 aliphatic heterocycles. The molecule has 0 saturated carbocycles. The molecule has 1 atom stereocenters. The van der Waals surface area contributed by atoms with E-state index in [9.17, 15) is 5.11 Å². The predicted octanol–water partition coefficient (Wildman–Crippen LogP) is 2.30. The Morgan fingerprint density at radius 3 is 2.47 bits per heavy atom. The van der Waals surface area contributed by atoms with Crippen molar-refractivity contribution < 1.29 is 14.6 Å². The van der Waals surface area contributed by atoms with Crippen LogP contribution in [0.25, 0.3) is 0 Å². The van der Waals surface area contributed by atoms with Crippen molar-refractivity contribution in [3.05, 3.63) is 18.2 Å². The minimum absolute atomic E-state index is 0.0486. The third-order valence-corrected chi connectivity index (χ3v) is 3.90. The van der Waals surface area contributed by atoms with Crippen LogP contribution in [0.4, 0.5) is 5.69 Å². The molecule has 1 fully saturated rings. The van der Waals surface area contributed by atoms with Crippen LogP contribution < -0.4 is 14.4 Å². The highest BCUT2D eigenvalue weighted by Gasteiger charge is 2.38. The Labute approximate surface area is 114 Å². The Bertz CT molecular complexity index is 445. The van der Waals surface area contributed by atoms with Crippen LogP contribution >= 0.6 is 0 Å². The number of rotatable bonds is 4. The zero-order chi connectivity index (χ0) is 14.0. The number of benzene rings is 1. The normalized spacial score (nSPS) is 21.5. The highest BCUT2D eigenvalue weighted by molar-refractivity contribution is 5.58. The molecule has 0 aromatic heterocycles. The van der Waals surface area contributed by atoms with Crippen LogP contribution in [-0.4, -0.2) is 38.0 Å². The number of methoxy groups -OCH3 is 2. The maximum absolute atomic E-state index is 9.37. The van der Waals surface area contributed by atoms with Gasteiger partial charge in [-0.25, -0.2) is 0 Å². The molecule has 0 bridgehead atoms. The molecule has 1 unspecified atom stereocenters. The monoisotopic (exact) mass is 265 g/mol. The molecule has 0 spiro atoms. The SMILES string of the molecule is COc1ccc(N2CC(CO)CC2(C)C)cc1OC. The van der Waals surface area contributed by atoms with Crippen molar-refractivity contribution >= 4 is 5.69 Å². The molecule has 4 nitrogen and oxygen atoms in total. The highest BCUT2D eigenvalue weighted by Crippen LogP contribution is 2.39. The van der Waals surface area contributed by atoms with Gasteiger partial charge in [0.05, 0.1) is 14.2 Å². The fourth-order valence-electron chi connectivity index (χ4n) is 2.96. The first-order valence-electron chi connectivity index (χ1n) is 6.62. The summed E-state index contributed by atoms with van der Waals surface area (Å²) in [5.74, 6) is 1.81. The van der Waals surface area contributed by atoms with E-state index in [0.29, 0.717) is 5.92 Å². The van der Waals surface area contributed by atoms with E-state index in [1.165, 1.54) is 0 Å². The van der Waals surface area contributed by atoms with Crippen LogP contribution in [0.15, 0.2) is 18.2 Å². The standard InChI is InChI=1S/C15H23NO3/c1-15(2)8-11(10-17)9-16(15)12-5-6-13(18-3)14(7-12)19-4/h5-7,11,17H,8-10H2,1-4H3. The largest absolute Gasteiger partial charge is 0.493 e. The molecule has 2 rings (SSSR count). The van der Waals surface area contributed by atoms with E-state index in [-0.39, 0.29) is 12.1 Å². The Balaban J connectivity index is 2.31. The van der Waals surface area contributed by atoms with E-state index in [1.54, 1.807) is 14.2 Å². The molecule has 1 aromatic carbocycles. The van der Waals surface area contributed by atoms with Crippen molar-refractivity contribution in [3.8, 4) is 11.5 Å². The summed E-state index contributed by atoms with van der Waals surface area (Å²) in [6.45, 7) is 5.53. The molecule has 1 N–H and O–H groups in total. The van der Waals surface area contributed by atoms with E-state index < -0.39 is 0 Å². The van der Waals surface area contributed by atoms with Gasteiger partial charge in [-0.1, -0.05) is 0 Å². The fraction of sp³-hybridized carbons (Fsp3) is 0.600. The van der Waals surface area contributed by atoms with Crippen molar-refractivity contribution in [1.29, 1.82) is 0 Å². The molecule has 1 heterocycles. The molecule has 1 aliphatic rings. The summed E-state index contributed by atoms with van der Waals surface area (Å²) in [6.07, 6.45) is 0.998. The van der Waals surface area contributed by atoms with E-state index in [2.05, 4.69) is 18.7 Å². The molecular weight excluding hydrogens is 242 g/mol. The van der Waals surface area contributed by atoms with Gasteiger partial charge in [-0.2, -0.15) is 0 Å². The van der Waals surface area contributed by atoms with Gasteiger partial charge in [0, 0.05) is 36.4 Å². The van der Waals surface area contributed by atoms with Gasteiger partial charge in [0.25, 0.3) is 0 Å². The van der Waals surface area contributed by atoms with Crippen molar-refractivity contribution in [2.24, 2.45) is 5.92 Å². The molecule has 0 amide bonds. The van der Waals surface area contributed by atoms with Gasteiger partial charge in [-0.3, -0.25) is 0 Å². The predicted molar refractivity (Wildman–Crippen MR) is 76.2 cm³/mol. The van der Waals surface area contributed by atoms with Crippen molar-refractivity contribution in [2.45, 2.75) is 25.8 Å². The average Bonchev–Trinajstić information content (AvgIpc) is 2.73. The number of hydrogen-bond donors (Lipinski definition) is 1. The first-order valence-corrected chi connectivity index (χ1v) is 6.62. The van der Waals surface area contributed by atoms with Crippen molar-refractivity contribution in [1.82, 2.24) is 0 Å². The summed E-state index contributed by atoms with van der Waals surface area (Å²) in [4.78, 5) is 2.33. The van der Waals surface area contributed by atoms with Crippen LogP contribution in [0, 0.1) is 5.92 Å². The van der Waals surface area contributed by atoms with E-state index in [1.807, 2.05) is 18.2 Å². The lowest BCUT2D eigenvalue weighted by molar-refractivity contribution is 0.232. The Kier molecular flexibility index (Phi) is 3.90. The lowest BCUT2D eigenvalue weighted by atomic mass is 9.97. The second-order valence-electron chi connectivity index (χ2n) is 5.72. The quantitative estimate of drug-likeness (QED) is 0.907. The van der Waals surface area contributed by atoms with Gasteiger partial charge in [0.2, 0.25) is 0 Å². The summed E-state index contributed by atoms with van der Waals surface area (Å²) in [6, 6.07) is 5.97. The number of aliphatic hydroxyl groups is 1. The Hall–Kier alpha value is -1.42. The topological polar surface area (TPSA) is 41.9 Å². The molecule has 0 radical (unpaired) electrons. The molecule has 0 aliphatic carbocycles. The molecule has 1 aromatic rings. The number of anilines is 1. The first kappa shape index (κ1) is 14.0. The summed E-state index contributed by atoms with van der Waals surface area (Å²) in [5, 5.41) is 9.37. The van der Waals surface area contributed by atoms with Crippen LogP contribution in [0.1, 0.15) is 20.3 Å². The van der Waals surface area contributed by atoms with E-state index >= 15 is 0 Å². The van der Waals surface area contributed by atoms with E-state index in [0.717, 1.165) is 30.2 Å². The Morgan fingerprint density at radius 2 is 1.95 bits per heavy atom. The summed E-state index contributed by atoms with van der Waals surface area (Å²) >= 11 is 0.